The van der Waals surface area contributed by atoms with Gasteiger partial charge in [-0.3, -0.25) is 11.1 Å². The Morgan fingerprint density at radius 1 is 1.71 bits per heavy atom. The number of hydrogen-bond acceptors (Lipinski definition) is 4. The van der Waals surface area contributed by atoms with Crippen LogP contribution in [0.15, 0.2) is 0 Å². The SMILES string of the molecule is CN/C(N)=[N+](/O)CCC[C@H](N)C(=O)[O-]. The van der Waals surface area contributed by atoms with Crippen molar-refractivity contribution in [2.24, 2.45) is 11.5 Å². The van der Waals surface area contributed by atoms with Crippen LogP contribution in [0, 0.1) is 0 Å². The molecule has 7 heteroatoms. The molecule has 0 bridgehead atoms. The number of carbonyl (C=O) groups is 1. The molecular formula is C7H16N4O3. The summed E-state index contributed by atoms with van der Waals surface area (Å²) in [4.78, 5) is 10.2. The maximum atomic E-state index is 10.2. The van der Waals surface area contributed by atoms with Crippen LogP contribution >= 0.6 is 0 Å². The molecule has 0 rings (SSSR count). The minimum atomic E-state index is -1.29. The smallest absolute Gasteiger partial charge is 0.379 e. The number of hydroxylamine groups is 1. The number of nitrogens with one attached hydrogen (secondary N) is 1. The summed E-state index contributed by atoms with van der Waals surface area (Å²) in [5.74, 6) is -1.19. The van der Waals surface area contributed by atoms with E-state index >= 15 is 0 Å². The summed E-state index contributed by atoms with van der Waals surface area (Å²) in [6, 6.07) is -1.00. The standard InChI is InChI=1S/C7H16N4O3/c1-10-7(9)11(14)4-2-3-5(8)6(12)13/h5,14H,2-4,8H2,1H3,(H3,9,10,12,13)/t5-/m0/s1. The number of guanidine groups is 1. The van der Waals surface area contributed by atoms with Crippen LogP contribution in [0.1, 0.15) is 12.8 Å². The van der Waals surface area contributed by atoms with Crippen LogP contribution in [-0.2, 0) is 4.79 Å². The quantitative estimate of drug-likeness (QED) is 0.123. The molecular weight excluding hydrogens is 188 g/mol. The second kappa shape index (κ2) is 6.03. The highest BCUT2D eigenvalue weighted by Gasteiger charge is 2.06. The summed E-state index contributed by atoms with van der Waals surface area (Å²) >= 11 is 0. The number of nitrogens with two attached hydrogens (primary N) is 2. The maximum Gasteiger partial charge on any atom is 0.379 e. The summed E-state index contributed by atoms with van der Waals surface area (Å²) in [6.07, 6.45) is 0.643. The Hall–Kier alpha value is -1.50. The van der Waals surface area contributed by atoms with E-state index < -0.39 is 12.0 Å². The van der Waals surface area contributed by atoms with Gasteiger partial charge in [0.15, 0.2) is 0 Å². The summed E-state index contributed by atoms with van der Waals surface area (Å²) in [5.41, 5.74) is 10.5. The van der Waals surface area contributed by atoms with Crippen LogP contribution < -0.4 is 21.9 Å². The molecule has 0 aromatic rings. The average Bonchev–Trinajstić information content (AvgIpc) is 2.15. The minimum Gasteiger partial charge on any atom is -0.548 e. The van der Waals surface area contributed by atoms with Gasteiger partial charge in [0.2, 0.25) is 0 Å². The van der Waals surface area contributed by atoms with Gasteiger partial charge in [-0.25, -0.2) is 0 Å². The lowest BCUT2D eigenvalue weighted by Crippen LogP contribution is -2.42. The van der Waals surface area contributed by atoms with Gasteiger partial charge in [-0.15, -0.1) is 0 Å². The molecule has 0 aliphatic heterocycles. The first-order valence-corrected chi connectivity index (χ1v) is 4.22. The Balaban J connectivity index is 3.80. The first-order chi connectivity index (χ1) is 6.49. The van der Waals surface area contributed by atoms with Gasteiger partial charge in [-0.05, 0) is 12.8 Å². The molecule has 0 aromatic heterocycles. The largest absolute Gasteiger partial charge is 0.548 e. The van der Waals surface area contributed by atoms with Crippen molar-refractivity contribution in [1.82, 2.24) is 5.32 Å². The summed E-state index contributed by atoms with van der Waals surface area (Å²) in [7, 11) is 1.56. The zero-order chi connectivity index (χ0) is 11.1. The molecule has 0 aromatic carbocycles. The Bertz CT molecular complexity index is 229. The van der Waals surface area contributed by atoms with E-state index in [1.807, 2.05) is 0 Å². The second-order valence-electron chi connectivity index (χ2n) is 2.83. The fraction of sp³-hybridized carbons (Fsp3) is 0.714. The zero-order valence-electron chi connectivity index (χ0n) is 8.06. The van der Waals surface area contributed by atoms with Gasteiger partial charge in [0.25, 0.3) is 0 Å². The van der Waals surface area contributed by atoms with Crippen LogP contribution in [0.2, 0.25) is 0 Å². The number of hydrogen-bond donors (Lipinski definition) is 4. The molecule has 0 aliphatic rings. The van der Waals surface area contributed by atoms with Crippen molar-refractivity contribution in [1.29, 1.82) is 0 Å². The van der Waals surface area contributed by atoms with E-state index in [1.165, 1.54) is 0 Å². The van der Waals surface area contributed by atoms with Crippen LogP contribution in [0.4, 0.5) is 0 Å². The molecule has 6 N–H and O–H groups in total. The Morgan fingerprint density at radius 3 is 2.71 bits per heavy atom. The number of carbonyl (C=O) groups excluding carboxylic acids is 1. The molecule has 1 atom stereocenters. The molecule has 0 saturated carbocycles. The van der Waals surface area contributed by atoms with E-state index in [0.29, 0.717) is 6.42 Å². The van der Waals surface area contributed by atoms with Crippen LogP contribution in [0.3, 0.4) is 0 Å². The second-order valence-corrected chi connectivity index (χ2v) is 2.83. The van der Waals surface area contributed by atoms with E-state index in [9.17, 15) is 15.1 Å². The molecule has 0 heterocycles. The Morgan fingerprint density at radius 2 is 2.29 bits per heavy atom. The minimum absolute atomic E-state index is 0.104. The van der Waals surface area contributed by atoms with E-state index in [2.05, 4.69) is 5.32 Å². The van der Waals surface area contributed by atoms with Crippen molar-refractivity contribution in [3.63, 3.8) is 0 Å². The van der Waals surface area contributed by atoms with Crippen molar-refractivity contribution >= 4 is 11.9 Å². The van der Waals surface area contributed by atoms with Crippen molar-refractivity contribution in [3.05, 3.63) is 0 Å². The van der Waals surface area contributed by atoms with Crippen molar-refractivity contribution in [3.8, 4) is 0 Å². The average molecular weight is 204 g/mol. The highest BCUT2D eigenvalue weighted by molar-refractivity contribution is 5.71. The van der Waals surface area contributed by atoms with Gasteiger partial charge in [-0.1, -0.05) is 4.74 Å². The number of carboxylic acids is 1. The molecule has 0 amide bonds. The summed E-state index contributed by atoms with van der Waals surface area (Å²) < 4.78 is 0.794. The van der Waals surface area contributed by atoms with Crippen molar-refractivity contribution < 1.29 is 19.8 Å². The molecule has 0 unspecified atom stereocenters. The molecule has 0 fully saturated rings. The monoisotopic (exact) mass is 204 g/mol. The van der Waals surface area contributed by atoms with Gasteiger partial charge in [0, 0.05) is 6.04 Å². The zero-order valence-corrected chi connectivity index (χ0v) is 8.06. The summed E-state index contributed by atoms with van der Waals surface area (Å²) in [5, 5.41) is 21.9. The van der Waals surface area contributed by atoms with E-state index in [4.69, 9.17) is 11.5 Å². The van der Waals surface area contributed by atoms with Gasteiger partial charge in [0.1, 0.15) is 6.54 Å². The van der Waals surface area contributed by atoms with E-state index in [-0.39, 0.29) is 18.9 Å². The maximum absolute atomic E-state index is 10.2. The molecule has 0 spiro atoms. The number of nitrogens with zero attached hydrogens (tertiary/aromatic N) is 1. The van der Waals surface area contributed by atoms with Crippen molar-refractivity contribution in [2.75, 3.05) is 13.6 Å². The van der Waals surface area contributed by atoms with Crippen LogP contribution in [0.25, 0.3) is 0 Å². The van der Waals surface area contributed by atoms with Gasteiger partial charge >= 0.3 is 5.96 Å². The predicted octanol–water partition coefficient (Wildman–Crippen LogP) is -3.22. The lowest BCUT2D eigenvalue weighted by molar-refractivity contribution is -0.776. The fourth-order valence-electron chi connectivity index (χ4n) is 0.828. The molecule has 82 valence electrons. The van der Waals surface area contributed by atoms with Gasteiger partial charge in [-0.2, -0.15) is 0 Å². The normalized spacial score (nSPS) is 14.4. The first-order valence-electron chi connectivity index (χ1n) is 4.22. The van der Waals surface area contributed by atoms with E-state index in [1.54, 1.807) is 7.05 Å². The highest BCUT2D eigenvalue weighted by Crippen LogP contribution is 1.93. The number of rotatable bonds is 5. The first kappa shape index (κ1) is 12.5. The lowest BCUT2D eigenvalue weighted by Gasteiger charge is -2.11. The van der Waals surface area contributed by atoms with Gasteiger partial charge in [0.05, 0.1) is 13.0 Å². The predicted molar refractivity (Wildman–Crippen MR) is 47.4 cm³/mol. The van der Waals surface area contributed by atoms with Crippen LogP contribution in [-0.4, -0.2) is 41.5 Å². The Labute approximate surface area is 82.0 Å². The number of carboxylic acid groups (broad SMARTS) is 1. The molecule has 0 radical (unpaired) electrons. The molecule has 14 heavy (non-hydrogen) atoms. The molecule has 7 nitrogen and oxygen atoms in total. The summed E-state index contributed by atoms with van der Waals surface area (Å²) in [6.45, 7) is 0.216. The Kier molecular flexibility index (Phi) is 5.38. The van der Waals surface area contributed by atoms with E-state index in [0.717, 1.165) is 4.74 Å². The number of aliphatic carboxylic acids is 1. The third kappa shape index (κ3) is 4.51. The topological polar surface area (TPSA) is 127 Å². The highest BCUT2D eigenvalue weighted by atomic mass is 16.5. The third-order valence-corrected chi connectivity index (χ3v) is 1.72. The third-order valence-electron chi connectivity index (χ3n) is 1.72. The van der Waals surface area contributed by atoms with Crippen LogP contribution in [0.5, 0.6) is 0 Å². The van der Waals surface area contributed by atoms with Crippen molar-refractivity contribution in [2.45, 2.75) is 18.9 Å². The molecule has 0 aliphatic carbocycles. The lowest BCUT2D eigenvalue weighted by atomic mass is 10.2. The van der Waals surface area contributed by atoms with Gasteiger partial charge < -0.3 is 20.8 Å². The fourth-order valence-corrected chi connectivity index (χ4v) is 0.828. The molecule has 0 saturated heterocycles.